The lowest BCUT2D eigenvalue weighted by Crippen LogP contribution is -2.62. The molecule has 0 aliphatic carbocycles. The van der Waals surface area contributed by atoms with Crippen LogP contribution in [0.2, 0.25) is 0 Å². The predicted molar refractivity (Wildman–Crippen MR) is 95.4 cm³/mol. The number of fused-ring (bicyclic) bond motifs is 2. The molecule has 2 unspecified atom stereocenters. The molecule has 9 heteroatoms. The van der Waals surface area contributed by atoms with E-state index in [1.54, 1.807) is 30.2 Å². The average molecular weight is 383 g/mol. The second-order valence-electron chi connectivity index (χ2n) is 6.65. The number of nitrogens with zero attached hydrogens (tertiary/aromatic N) is 2. The lowest BCUT2D eigenvalue weighted by atomic mass is 10.1. The molecule has 2 saturated heterocycles. The van der Waals surface area contributed by atoms with Crippen LogP contribution in [0.25, 0.3) is 0 Å². The second-order valence-corrected chi connectivity index (χ2v) is 8.59. The van der Waals surface area contributed by atoms with Gasteiger partial charge in [0.15, 0.2) is 0 Å². The molecular formula is C17H25N3O5S. The maximum absolute atomic E-state index is 12.9. The van der Waals surface area contributed by atoms with Crippen LogP contribution >= 0.6 is 0 Å². The summed E-state index contributed by atoms with van der Waals surface area (Å²) in [5.41, 5.74) is 0.901. The molecule has 0 spiro atoms. The van der Waals surface area contributed by atoms with Gasteiger partial charge in [-0.2, -0.15) is 4.31 Å². The number of benzene rings is 1. The Morgan fingerprint density at radius 1 is 1.27 bits per heavy atom. The zero-order chi connectivity index (χ0) is 18.7. The molecule has 0 radical (unpaired) electrons. The van der Waals surface area contributed by atoms with Gasteiger partial charge in [-0.3, -0.25) is 0 Å². The van der Waals surface area contributed by atoms with Crippen molar-refractivity contribution in [3.63, 3.8) is 0 Å². The fourth-order valence-electron chi connectivity index (χ4n) is 3.31. The van der Waals surface area contributed by atoms with Crippen molar-refractivity contribution >= 4 is 16.1 Å². The van der Waals surface area contributed by atoms with Crippen molar-refractivity contribution in [2.24, 2.45) is 0 Å². The summed E-state index contributed by atoms with van der Waals surface area (Å²) in [6.07, 6.45) is -0.648. The highest BCUT2D eigenvalue weighted by atomic mass is 32.2. The zero-order valence-electron chi connectivity index (χ0n) is 15.1. The molecule has 144 valence electrons. The molecule has 2 atom stereocenters. The minimum Gasteiger partial charge on any atom is -0.383 e. The summed E-state index contributed by atoms with van der Waals surface area (Å²) in [6, 6.07) is 6.73. The fourth-order valence-corrected chi connectivity index (χ4v) is 4.92. The van der Waals surface area contributed by atoms with Gasteiger partial charge in [0.05, 0.1) is 36.8 Å². The molecule has 1 aromatic rings. The first-order chi connectivity index (χ1) is 12.4. The molecule has 2 heterocycles. The first kappa shape index (κ1) is 19.1. The van der Waals surface area contributed by atoms with E-state index in [9.17, 15) is 13.2 Å². The molecule has 2 fully saturated rings. The van der Waals surface area contributed by atoms with Gasteiger partial charge in [-0.1, -0.05) is 12.1 Å². The van der Waals surface area contributed by atoms with E-state index in [1.165, 1.54) is 4.31 Å². The van der Waals surface area contributed by atoms with Gasteiger partial charge < -0.3 is 19.7 Å². The Labute approximate surface area is 154 Å². The van der Waals surface area contributed by atoms with Crippen molar-refractivity contribution in [3.8, 4) is 0 Å². The number of carbonyl (C=O) groups excluding carboxylic acids is 1. The van der Waals surface area contributed by atoms with Crippen molar-refractivity contribution in [1.29, 1.82) is 0 Å². The third kappa shape index (κ3) is 4.17. The zero-order valence-corrected chi connectivity index (χ0v) is 15.9. The molecule has 1 aromatic carbocycles. The number of aryl methyl sites for hydroxylation is 1. The molecule has 2 aliphatic rings. The Morgan fingerprint density at radius 2 is 1.96 bits per heavy atom. The highest BCUT2D eigenvalue weighted by molar-refractivity contribution is 7.89. The number of morpholine rings is 2. The lowest BCUT2D eigenvalue weighted by Gasteiger charge is -2.45. The maximum atomic E-state index is 12.9. The highest BCUT2D eigenvalue weighted by Crippen LogP contribution is 2.25. The SMILES string of the molecule is COCCNC(=O)N1CC2CN(S(=O)(=O)c3cccc(C)c3)CC(C1)O2. The molecule has 2 amide bonds. The smallest absolute Gasteiger partial charge is 0.317 e. The monoisotopic (exact) mass is 383 g/mol. The molecule has 2 bridgehead atoms. The quantitative estimate of drug-likeness (QED) is 0.745. The third-order valence-corrected chi connectivity index (χ3v) is 6.37. The van der Waals surface area contributed by atoms with E-state index in [0.29, 0.717) is 31.1 Å². The van der Waals surface area contributed by atoms with Gasteiger partial charge in [0.1, 0.15) is 0 Å². The summed E-state index contributed by atoms with van der Waals surface area (Å²) in [6.45, 7) is 3.99. The van der Waals surface area contributed by atoms with Crippen LogP contribution in [-0.4, -0.2) is 82.3 Å². The van der Waals surface area contributed by atoms with Gasteiger partial charge in [0.2, 0.25) is 10.0 Å². The van der Waals surface area contributed by atoms with Crippen LogP contribution in [0.15, 0.2) is 29.2 Å². The van der Waals surface area contributed by atoms with Crippen molar-refractivity contribution in [3.05, 3.63) is 29.8 Å². The molecule has 0 aromatic heterocycles. The Hall–Kier alpha value is -1.68. The van der Waals surface area contributed by atoms with E-state index < -0.39 is 10.0 Å². The van der Waals surface area contributed by atoms with Gasteiger partial charge in [0.25, 0.3) is 0 Å². The largest absolute Gasteiger partial charge is 0.383 e. The third-order valence-electron chi connectivity index (χ3n) is 4.54. The van der Waals surface area contributed by atoms with E-state index in [1.807, 2.05) is 13.0 Å². The highest BCUT2D eigenvalue weighted by Gasteiger charge is 2.41. The Morgan fingerprint density at radius 3 is 2.58 bits per heavy atom. The van der Waals surface area contributed by atoms with E-state index in [0.717, 1.165) is 5.56 Å². The summed E-state index contributed by atoms with van der Waals surface area (Å²) in [4.78, 5) is 14.2. The number of methoxy groups -OCH3 is 1. The van der Waals surface area contributed by atoms with Crippen LogP contribution in [0.1, 0.15) is 5.56 Å². The molecule has 26 heavy (non-hydrogen) atoms. The molecule has 2 aliphatic heterocycles. The lowest BCUT2D eigenvalue weighted by molar-refractivity contribution is -0.111. The minimum absolute atomic E-state index is 0.171. The number of rotatable bonds is 5. The van der Waals surface area contributed by atoms with E-state index in [4.69, 9.17) is 9.47 Å². The van der Waals surface area contributed by atoms with Gasteiger partial charge >= 0.3 is 6.03 Å². The first-order valence-electron chi connectivity index (χ1n) is 8.64. The molecule has 0 saturated carbocycles. The van der Waals surface area contributed by atoms with Crippen molar-refractivity contribution in [2.45, 2.75) is 24.0 Å². The summed E-state index contributed by atoms with van der Waals surface area (Å²) in [5.74, 6) is 0. The molecule has 3 rings (SSSR count). The number of amides is 2. The second kappa shape index (κ2) is 7.91. The minimum atomic E-state index is -3.56. The number of ether oxygens (including phenoxy) is 2. The topological polar surface area (TPSA) is 88.2 Å². The number of nitrogens with one attached hydrogen (secondary N) is 1. The summed E-state index contributed by atoms with van der Waals surface area (Å²) in [5, 5.41) is 2.79. The van der Waals surface area contributed by atoms with Crippen LogP contribution in [0, 0.1) is 6.92 Å². The van der Waals surface area contributed by atoms with Crippen LogP contribution in [0.4, 0.5) is 4.79 Å². The fraction of sp³-hybridized carbons (Fsp3) is 0.588. The van der Waals surface area contributed by atoms with Crippen LogP contribution in [0.3, 0.4) is 0 Å². The Balaban J connectivity index is 1.66. The van der Waals surface area contributed by atoms with Crippen LogP contribution in [0.5, 0.6) is 0 Å². The Bertz CT molecular complexity index is 741. The number of hydrogen-bond donors (Lipinski definition) is 1. The molecular weight excluding hydrogens is 358 g/mol. The van der Waals surface area contributed by atoms with E-state index in [2.05, 4.69) is 5.32 Å². The number of hydrogen-bond acceptors (Lipinski definition) is 5. The van der Waals surface area contributed by atoms with Crippen molar-refractivity contribution in [1.82, 2.24) is 14.5 Å². The number of carbonyl (C=O) groups is 1. The summed E-state index contributed by atoms with van der Waals surface area (Å²) < 4.78 is 38.1. The maximum Gasteiger partial charge on any atom is 0.317 e. The van der Waals surface area contributed by atoms with Gasteiger partial charge in [0, 0.05) is 26.7 Å². The van der Waals surface area contributed by atoms with Gasteiger partial charge in [-0.05, 0) is 24.6 Å². The average Bonchev–Trinajstić information content (AvgIpc) is 2.61. The van der Waals surface area contributed by atoms with E-state index in [-0.39, 0.29) is 31.3 Å². The predicted octanol–water partition coefficient (Wildman–Crippen LogP) is 0.425. The molecule has 8 nitrogen and oxygen atoms in total. The van der Waals surface area contributed by atoms with Crippen LogP contribution in [-0.2, 0) is 19.5 Å². The number of urea groups is 1. The summed E-state index contributed by atoms with van der Waals surface area (Å²) >= 11 is 0. The normalized spacial score (nSPS) is 23.7. The molecule has 1 N–H and O–H groups in total. The van der Waals surface area contributed by atoms with Crippen LogP contribution < -0.4 is 5.32 Å². The standard InChI is InChI=1S/C17H25N3O5S/c1-13-4-3-5-16(8-13)26(22,23)20-11-14-9-19(10-15(12-20)25-14)17(21)18-6-7-24-2/h3-5,8,14-15H,6-7,9-12H2,1-2H3,(H,18,21). The van der Waals surface area contributed by atoms with E-state index >= 15 is 0 Å². The van der Waals surface area contributed by atoms with Gasteiger partial charge in [-0.25, -0.2) is 13.2 Å². The Kier molecular flexibility index (Phi) is 5.81. The van der Waals surface area contributed by atoms with Crippen molar-refractivity contribution < 1.29 is 22.7 Å². The first-order valence-corrected chi connectivity index (χ1v) is 10.1. The summed E-state index contributed by atoms with van der Waals surface area (Å²) in [7, 11) is -1.99. The van der Waals surface area contributed by atoms with Gasteiger partial charge in [-0.15, -0.1) is 0 Å². The number of sulfonamides is 1. The van der Waals surface area contributed by atoms with Crippen molar-refractivity contribution in [2.75, 3.05) is 46.4 Å².